The van der Waals surface area contributed by atoms with E-state index in [-0.39, 0.29) is 16.5 Å². The zero-order chi connectivity index (χ0) is 18.5. The van der Waals surface area contributed by atoms with Crippen LogP contribution in [0.3, 0.4) is 0 Å². The minimum absolute atomic E-state index is 0.00597. The molecule has 4 rings (SSSR count). The zero-order valence-electron chi connectivity index (χ0n) is 14.8. The van der Waals surface area contributed by atoms with Gasteiger partial charge in [-0.05, 0) is 44.3 Å². The van der Waals surface area contributed by atoms with Crippen molar-refractivity contribution in [1.82, 2.24) is 19.2 Å². The average Bonchev–Trinajstić information content (AvgIpc) is 3.25. The first kappa shape index (κ1) is 17.3. The number of likely N-dealkylation sites (tertiary alicyclic amines) is 1. The lowest BCUT2D eigenvalue weighted by atomic mass is 10.1. The fourth-order valence-corrected chi connectivity index (χ4v) is 5.57. The highest BCUT2D eigenvalue weighted by Crippen LogP contribution is 2.27. The SMILES string of the molecule is CCN([C@H]1CCN(C)C1)S(=O)(=O)c1ccc2[nH]c(=O)c3[nH]ccc3c2c1. The predicted octanol–water partition coefficient (Wildman–Crippen LogP) is 1.72. The Balaban J connectivity index is 1.84. The Kier molecular flexibility index (Phi) is 4.13. The summed E-state index contributed by atoms with van der Waals surface area (Å²) in [6, 6.07) is 6.71. The van der Waals surface area contributed by atoms with Gasteiger partial charge in [-0.3, -0.25) is 4.79 Å². The van der Waals surface area contributed by atoms with E-state index in [9.17, 15) is 13.2 Å². The van der Waals surface area contributed by atoms with Crippen molar-refractivity contribution in [3.8, 4) is 0 Å². The number of aromatic amines is 2. The maximum atomic E-state index is 13.3. The quantitative estimate of drug-likeness (QED) is 0.728. The van der Waals surface area contributed by atoms with Gasteiger partial charge in [0.15, 0.2) is 0 Å². The summed E-state index contributed by atoms with van der Waals surface area (Å²) < 4.78 is 28.1. The van der Waals surface area contributed by atoms with Crippen LogP contribution in [-0.4, -0.2) is 60.3 Å². The van der Waals surface area contributed by atoms with Gasteiger partial charge < -0.3 is 14.9 Å². The van der Waals surface area contributed by atoms with Crippen molar-refractivity contribution in [2.24, 2.45) is 0 Å². The molecule has 1 fully saturated rings. The number of nitrogens with zero attached hydrogens (tertiary/aromatic N) is 2. The van der Waals surface area contributed by atoms with Crippen molar-refractivity contribution in [2.45, 2.75) is 24.3 Å². The Morgan fingerprint density at radius 2 is 2.08 bits per heavy atom. The standard InChI is InChI=1S/C18H22N4O3S/c1-3-22(12-7-9-21(2)11-12)26(24,25)13-4-5-16-15(10-13)14-6-8-19-17(14)18(23)20-16/h4-6,8,10,12,19H,3,7,9,11H2,1-2H3,(H,20,23)/t12-/m0/s1. The van der Waals surface area contributed by atoms with Crippen molar-refractivity contribution in [2.75, 3.05) is 26.7 Å². The highest BCUT2D eigenvalue weighted by molar-refractivity contribution is 7.89. The van der Waals surface area contributed by atoms with E-state index in [0.29, 0.717) is 17.6 Å². The van der Waals surface area contributed by atoms with Gasteiger partial charge in [0.2, 0.25) is 10.0 Å². The molecule has 2 N–H and O–H groups in total. The normalized spacial score (nSPS) is 19.1. The second-order valence-electron chi connectivity index (χ2n) is 6.84. The molecule has 26 heavy (non-hydrogen) atoms. The molecule has 3 aromatic rings. The lowest BCUT2D eigenvalue weighted by Crippen LogP contribution is -2.41. The number of aromatic nitrogens is 2. The van der Waals surface area contributed by atoms with E-state index in [1.807, 2.05) is 14.0 Å². The van der Waals surface area contributed by atoms with Crippen LogP contribution in [0.1, 0.15) is 13.3 Å². The van der Waals surface area contributed by atoms with E-state index in [1.165, 1.54) is 0 Å². The molecule has 138 valence electrons. The Hall–Kier alpha value is -2.16. The first-order valence-electron chi connectivity index (χ1n) is 8.75. The molecule has 1 aliphatic heterocycles. The molecule has 0 spiro atoms. The lowest BCUT2D eigenvalue weighted by Gasteiger charge is -2.27. The summed E-state index contributed by atoms with van der Waals surface area (Å²) in [5.74, 6) is 0. The molecule has 0 unspecified atom stereocenters. The summed E-state index contributed by atoms with van der Waals surface area (Å²) in [6.45, 7) is 3.96. The van der Waals surface area contributed by atoms with Gasteiger partial charge in [0.25, 0.3) is 5.56 Å². The van der Waals surface area contributed by atoms with E-state index in [4.69, 9.17) is 0 Å². The van der Waals surface area contributed by atoms with Crippen LogP contribution >= 0.6 is 0 Å². The molecular weight excluding hydrogens is 352 g/mol. The molecule has 2 aromatic heterocycles. The van der Waals surface area contributed by atoms with Gasteiger partial charge in [-0.1, -0.05) is 6.92 Å². The second kappa shape index (κ2) is 6.22. The van der Waals surface area contributed by atoms with Crippen molar-refractivity contribution in [3.63, 3.8) is 0 Å². The summed E-state index contributed by atoms with van der Waals surface area (Å²) in [4.78, 5) is 20.2. The average molecular weight is 374 g/mol. The molecule has 7 nitrogen and oxygen atoms in total. The van der Waals surface area contributed by atoms with Crippen molar-refractivity contribution in [3.05, 3.63) is 40.8 Å². The van der Waals surface area contributed by atoms with Crippen LogP contribution in [0.5, 0.6) is 0 Å². The minimum Gasteiger partial charge on any atom is -0.357 e. The largest absolute Gasteiger partial charge is 0.357 e. The molecule has 3 heterocycles. The first-order valence-corrected chi connectivity index (χ1v) is 10.2. The molecule has 0 saturated carbocycles. The monoisotopic (exact) mass is 374 g/mol. The Labute approximate surface area is 151 Å². The van der Waals surface area contributed by atoms with Crippen molar-refractivity contribution in [1.29, 1.82) is 0 Å². The number of pyridine rings is 1. The summed E-state index contributed by atoms with van der Waals surface area (Å²) in [5, 5.41) is 1.45. The van der Waals surface area contributed by atoms with E-state index in [1.54, 1.807) is 34.8 Å². The zero-order valence-corrected chi connectivity index (χ0v) is 15.6. The lowest BCUT2D eigenvalue weighted by molar-refractivity contribution is 0.319. The van der Waals surface area contributed by atoms with Gasteiger partial charge in [-0.15, -0.1) is 0 Å². The maximum absolute atomic E-state index is 13.3. The molecule has 0 radical (unpaired) electrons. The number of fused-ring (bicyclic) bond motifs is 3. The van der Waals surface area contributed by atoms with Crippen molar-refractivity contribution >= 4 is 31.8 Å². The molecule has 8 heteroatoms. The van der Waals surface area contributed by atoms with Crippen LogP contribution in [0.15, 0.2) is 40.2 Å². The van der Waals surface area contributed by atoms with E-state index < -0.39 is 10.0 Å². The van der Waals surface area contributed by atoms with Crippen molar-refractivity contribution < 1.29 is 8.42 Å². The van der Waals surface area contributed by atoms with Crippen LogP contribution in [0.2, 0.25) is 0 Å². The van der Waals surface area contributed by atoms with E-state index in [2.05, 4.69) is 14.9 Å². The third-order valence-electron chi connectivity index (χ3n) is 5.20. The molecule has 1 aliphatic rings. The Bertz CT molecular complexity index is 1130. The van der Waals surface area contributed by atoms with E-state index >= 15 is 0 Å². The third kappa shape index (κ3) is 2.65. The van der Waals surface area contributed by atoms with Crippen LogP contribution in [0, 0.1) is 0 Å². The summed E-state index contributed by atoms with van der Waals surface area (Å²) in [6.07, 6.45) is 2.53. The molecule has 0 bridgehead atoms. The molecule has 1 aromatic carbocycles. The fraction of sp³-hybridized carbons (Fsp3) is 0.389. The highest BCUT2D eigenvalue weighted by atomic mass is 32.2. The van der Waals surface area contributed by atoms with Gasteiger partial charge in [0.1, 0.15) is 5.52 Å². The molecule has 1 saturated heterocycles. The second-order valence-corrected chi connectivity index (χ2v) is 8.73. The van der Waals surface area contributed by atoms with Crippen LogP contribution < -0.4 is 5.56 Å². The van der Waals surface area contributed by atoms with Crippen LogP contribution in [-0.2, 0) is 10.0 Å². The summed E-state index contributed by atoms with van der Waals surface area (Å²) in [7, 11) is -1.60. The number of hydrogen-bond acceptors (Lipinski definition) is 4. The number of sulfonamides is 1. The molecule has 0 amide bonds. The number of hydrogen-bond donors (Lipinski definition) is 2. The van der Waals surface area contributed by atoms with Crippen LogP contribution in [0.25, 0.3) is 21.8 Å². The Morgan fingerprint density at radius 1 is 1.27 bits per heavy atom. The third-order valence-corrected chi connectivity index (χ3v) is 7.22. The van der Waals surface area contributed by atoms with Gasteiger partial charge >= 0.3 is 0 Å². The maximum Gasteiger partial charge on any atom is 0.272 e. The van der Waals surface area contributed by atoms with Gasteiger partial charge in [0.05, 0.1) is 4.90 Å². The molecule has 0 aliphatic carbocycles. The number of nitrogens with one attached hydrogen (secondary N) is 2. The number of likely N-dealkylation sites (N-methyl/N-ethyl adjacent to an activating group) is 2. The Morgan fingerprint density at radius 3 is 2.77 bits per heavy atom. The number of rotatable bonds is 4. The topological polar surface area (TPSA) is 89.3 Å². The van der Waals surface area contributed by atoms with Gasteiger partial charge in [0, 0.05) is 41.6 Å². The fourth-order valence-electron chi connectivity index (χ4n) is 3.89. The summed E-state index contributed by atoms with van der Waals surface area (Å²) in [5.41, 5.74) is 0.874. The minimum atomic E-state index is -3.61. The molecular formula is C18H22N4O3S. The molecule has 1 atom stereocenters. The smallest absolute Gasteiger partial charge is 0.272 e. The predicted molar refractivity (Wildman–Crippen MR) is 102 cm³/mol. The van der Waals surface area contributed by atoms with Gasteiger partial charge in [-0.25, -0.2) is 8.42 Å². The van der Waals surface area contributed by atoms with Gasteiger partial charge in [-0.2, -0.15) is 4.31 Å². The number of benzene rings is 1. The van der Waals surface area contributed by atoms with Crippen LogP contribution in [0.4, 0.5) is 0 Å². The first-order chi connectivity index (χ1) is 12.4. The number of H-pyrrole nitrogens is 2. The van der Waals surface area contributed by atoms with E-state index in [0.717, 1.165) is 30.3 Å². The highest BCUT2D eigenvalue weighted by Gasteiger charge is 2.34. The summed E-state index contributed by atoms with van der Waals surface area (Å²) >= 11 is 0.